The number of carbonyl (C=O) groups is 1. The number of nitrogens with zero attached hydrogens (tertiary/aromatic N) is 1. The second-order valence-electron chi connectivity index (χ2n) is 4.83. The highest BCUT2D eigenvalue weighted by atomic mass is 35.5. The second kappa shape index (κ2) is 5.14. The van der Waals surface area contributed by atoms with E-state index in [1.165, 1.54) is 0 Å². The molecule has 0 saturated carbocycles. The Hall–Kier alpha value is -2.06. The third kappa shape index (κ3) is 1.93. The lowest BCUT2D eigenvalue weighted by atomic mass is 9.88. The van der Waals surface area contributed by atoms with Crippen molar-refractivity contribution in [3.05, 3.63) is 76.4 Å². The number of aldehydes is 1. The molecule has 1 unspecified atom stereocenters. The molecule has 1 aliphatic heterocycles. The molecule has 100 valence electrons. The van der Waals surface area contributed by atoms with Crippen molar-refractivity contribution in [1.29, 1.82) is 0 Å². The Morgan fingerprint density at radius 3 is 2.40 bits per heavy atom. The van der Waals surface area contributed by atoms with Crippen LogP contribution in [0, 0.1) is 0 Å². The van der Waals surface area contributed by atoms with Crippen molar-refractivity contribution in [3.63, 3.8) is 0 Å². The fourth-order valence-electron chi connectivity index (χ4n) is 2.75. The normalized spacial score (nSPS) is 17.9. The predicted molar refractivity (Wildman–Crippen MR) is 81.3 cm³/mol. The van der Waals surface area contributed by atoms with Gasteiger partial charge in [-0.3, -0.25) is 4.79 Å². The lowest BCUT2D eigenvalue weighted by Crippen LogP contribution is -2.28. The van der Waals surface area contributed by atoms with Crippen LogP contribution in [0.1, 0.15) is 22.7 Å². The summed E-state index contributed by atoms with van der Waals surface area (Å²) in [6.07, 6.45) is 0.832. The molecule has 0 spiro atoms. The second-order valence-corrected chi connectivity index (χ2v) is 5.19. The minimum Gasteiger partial charge on any atom is -0.354 e. The summed E-state index contributed by atoms with van der Waals surface area (Å²) in [6.45, 7) is 0. The van der Waals surface area contributed by atoms with E-state index in [-0.39, 0.29) is 6.04 Å². The third-order valence-electron chi connectivity index (χ3n) is 3.70. The van der Waals surface area contributed by atoms with Crippen molar-refractivity contribution in [2.75, 3.05) is 7.05 Å². The molecule has 20 heavy (non-hydrogen) atoms. The largest absolute Gasteiger partial charge is 0.354 e. The summed E-state index contributed by atoms with van der Waals surface area (Å²) >= 11 is 6.38. The molecule has 3 heteroatoms. The number of allylic oxidation sites excluding steroid dienone is 1. The van der Waals surface area contributed by atoms with Crippen LogP contribution in [-0.4, -0.2) is 18.2 Å². The highest BCUT2D eigenvalue weighted by molar-refractivity contribution is 6.36. The van der Waals surface area contributed by atoms with E-state index >= 15 is 0 Å². The molecule has 0 saturated heterocycles. The van der Waals surface area contributed by atoms with Crippen LogP contribution in [0.4, 0.5) is 0 Å². The van der Waals surface area contributed by atoms with Gasteiger partial charge in [0, 0.05) is 7.05 Å². The van der Waals surface area contributed by atoms with Crippen LogP contribution < -0.4 is 0 Å². The molecule has 2 aromatic carbocycles. The highest BCUT2D eigenvalue weighted by Gasteiger charge is 2.30. The summed E-state index contributed by atoms with van der Waals surface area (Å²) in [4.78, 5) is 13.3. The van der Waals surface area contributed by atoms with Gasteiger partial charge in [-0.15, -0.1) is 0 Å². The van der Waals surface area contributed by atoms with E-state index in [0.29, 0.717) is 10.7 Å². The Kier molecular flexibility index (Phi) is 3.33. The maximum absolute atomic E-state index is 11.4. The maximum atomic E-state index is 11.4. The quantitative estimate of drug-likeness (QED) is 0.617. The zero-order chi connectivity index (χ0) is 14.1. The fraction of sp³-hybridized carbons (Fsp3) is 0.118. The van der Waals surface area contributed by atoms with Gasteiger partial charge < -0.3 is 4.90 Å². The van der Waals surface area contributed by atoms with Gasteiger partial charge in [-0.2, -0.15) is 0 Å². The van der Waals surface area contributed by atoms with Crippen LogP contribution in [0.2, 0.25) is 0 Å². The maximum Gasteiger partial charge on any atom is 0.153 e. The Morgan fingerprint density at radius 2 is 1.70 bits per heavy atom. The SMILES string of the molecule is CN1C(Cl)=C(C=O)c2ccccc2C1c1ccccc1. The molecule has 3 rings (SSSR count). The Bertz CT molecular complexity index is 678. The van der Waals surface area contributed by atoms with Crippen LogP contribution in [0.15, 0.2) is 59.8 Å². The molecule has 1 aliphatic rings. The van der Waals surface area contributed by atoms with Gasteiger partial charge in [0.1, 0.15) is 5.16 Å². The van der Waals surface area contributed by atoms with E-state index in [4.69, 9.17) is 11.6 Å². The molecule has 0 N–H and O–H groups in total. The Balaban J connectivity index is 2.24. The first-order valence-corrected chi connectivity index (χ1v) is 6.84. The molecule has 0 aromatic heterocycles. The van der Waals surface area contributed by atoms with E-state index in [1.54, 1.807) is 0 Å². The molecular weight excluding hydrogens is 270 g/mol. The number of hydrogen-bond acceptors (Lipinski definition) is 2. The molecule has 2 nitrogen and oxygen atoms in total. The van der Waals surface area contributed by atoms with E-state index in [1.807, 2.05) is 48.3 Å². The average Bonchev–Trinajstić information content (AvgIpc) is 2.50. The summed E-state index contributed by atoms with van der Waals surface area (Å²) < 4.78 is 0. The number of benzene rings is 2. The number of rotatable bonds is 2. The molecule has 0 radical (unpaired) electrons. The predicted octanol–water partition coefficient (Wildman–Crippen LogP) is 3.83. The summed E-state index contributed by atoms with van der Waals surface area (Å²) in [5.41, 5.74) is 3.73. The molecule has 0 bridgehead atoms. The van der Waals surface area contributed by atoms with E-state index in [2.05, 4.69) is 18.2 Å². The van der Waals surface area contributed by atoms with Gasteiger partial charge in [0.25, 0.3) is 0 Å². The Morgan fingerprint density at radius 1 is 1.05 bits per heavy atom. The van der Waals surface area contributed by atoms with Crippen molar-refractivity contribution < 1.29 is 4.79 Å². The summed E-state index contributed by atoms with van der Waals surface area (Å²) in [5.74, 6) is 0. The topological polar surface area (TPSA) is 20.3 Å². The standard InChI is InChI=1S/C17H14ClNO/c1-19-16(12-7-3-2-4-8-12)14-10-6-5-9-13(14)15(11-20)17(19)18/h2-11,16H,1H3. The van der Waals surface area contributed by atoms with E-state index < -0.39 is 0 Å². The average molecular weight is 284 g/mol. The monoisotopic (exact) mass is 283 g/mol. The van der Waals surface area contributed by atoms with Gasteiger partial charge >= 0.3 is 0 Å². The molecule has 1 atom stereocenters. The number of halogens is 1. The molecule has 0 amide bonds. The van der Waals surface area contributed by atoms with Gasteiger partial charge in [0.15, 0.2) is 6.29 Å². The minimum absolute atomic E-state index is 0.0311. The minimum atomic E-state index is 0.0311. The van der Waals surface area contributed by atoms with Crippen LogP contribution in [0.25, 0.3) is 5.57 Å². The van der Waals surface area contributed by atoms with Crippen molar-refractivity contribution in [1.82, 2.24) is 4.90 Å². The molecule has 2 aromatic rings. The van der Waals surface area contributed by atoms with Crippen molar-refractivity contribution in [3.8, 4) is 0 Å². The zero-order valence-electron chi connectivity index (χ0n) is 11.1. The van der Waals surface area contributed by atoms with Crippen molar-refractivity contribution in [2.45, 2.75) is 6.04 Å². The van der Waals surface area contributed by atoms with Crippen LogP contribution in [0.5, 0.6) is 0 Å². The fourth-order valence-corrected chi connectivity index (χ4v) is 3.00. The van der Waals surface area contributed by atoms with Crippen molar-refractivity contribution in [2.24, 2.45) is 0 Å². The molecule has 1 heterocycles. The summed E-state index contributed by atoms with van der Waals surface area (Å²) in [5, 5.41) is 0.493. The molecular formula is C17H14ClNO. The summed E-state index contributed by atoms with van der Waals surface area (Å²) in [7, 11) is 1.92. The summed E-state index contributed by atoms with van der Waals surface area (Å²) in [6, 6.07) is 18.1. The number of carbonyl (C=O) groups excluding carboxylic acids is 1. The first kappa shape index (κ1) is 12.9. The molecule has 0 aliphatic carbocycles. The lowest BCUT2D eigenvalue weighted by Gasteiger charge is -2.36. The number of fused-ring (bicyclic) bond motifs is 1. The Labute approximate surface area is 123 Å². The van der Waals surface area contributed by atoms with Crippen molar-refractivity contribution >= 4 is 23.5 Å². The number of hydrogen-bond donors (Lipinski definition) is 0. The van der Waals surface area contributed by atoms with Crippen LogP contribution in [0.3, 0.4) is 0 Å². The van der Waals surface area contributed by atoms with Gasteiger partial charge in [0.2, 0.25) is 0 Å². The van der Waals surface area contributed by atoms with Gasteiger partial charge in [-0.1, -0.05) is 66.2 Å². The van der Waals surface area contributed by atoms with E-state index in [0.717, 1.165) is 23.0 Å². The highest BCUT2D eigenvalue weighted by Crippen LogP contribution is 2.41. The van der Waals surface area contributed by atoms with Crippen LogP contribution >= 0.6 is 11.6 Å². The first-order valence-electron chi connectivity index (χ1n) is 6.46. The smallest absolute Gasteiger partial charge is 0.153 e. The zero-order valence-corrected chi connectivity index (χ0v) is 11.8. The lowest BCUT2D eigenvalue weighted by molar-refractivity contribution is -0.103. The van der Waals surface area contributed by atoms with Gasteiger partial charge in [0.05, 0.1) is 11.6 Å². The third-order valence-corrected chi connectivity index (χ3v) is 4.17. The van der Waals surface area contributed by atoms with Gasteiger partial charge in [-0.25, -0.2) is 0 Å². The van der Waals surface area contributed by atoms with Crippen LogP contribution in [-0.2, 0) is 4.79 Å². The van der Waals surface area contributed by atoms with Gasteiger partial charge in [-0.05, 0) is 16.7 Å². The first-order chi connectivity index (χ1) is 9.74. The van der Waals surface area contributed by atoms with E-state index in [9.17, 15) is 4.79 Å². The molecule has 0 fully saturated rings.